The first-order valence-electron chi connectivity index (χ1n) is 7.74. The summed E-state index contributed by atoms with van der Waals surface area (Å²) in [5.41, 5.74) is -0.376. The molecule has 1 saturated carbocycles. The van der Waals surface area contributed by atoms with Crippen molar-refractivity contribution >= 4 is 11.7 Å². The van der Waals surface area contributed by atoms with E-state index >= 15 is 0 Å². The third-order valence-electron chi connectivity index (χ3n) is 3.61. The predicted molar refractivity (Wildman–Crippen MR) is 84.1 cm³/mol. The Morgan fingerprint density at radius 1 is 1.44 bits per heavy atom. The number of nitrogens with zero attached hydrogens (tertiary/aromatic N) is 2. The molecule has 1 aliphatic carbocycles. The second-order valence-corrected chi connectivity index (χ2v) is 5.76. The molecule has 0 aliphatic heterocycles. The Morgan fingerprint density at radius 3 is 2.88 bits per heavy atom. The van der Waals surface area contributed by atoms with Crippen LogP contribution in [0.1, 0.15) is 30.5 Å². The van der Waals surface area contributed by atoms with E-state index in [9.17, 15) is 18.0 Å². The summed E-state index contributed by atoms with van der Waals surface area (Å²) in [4.78, 5) is 11.9. The van der Waals surface area contributed by atoms with Crippen LogP contribution in [0.5, 0.6) is 5.75 Å². The number of halogens is 3. The van der Waals surface area contributed by atoms with Crippen LogP contribution in [0.4, 0.5) is 23.7 Å². The molecule has 1 aromatic heterocycles. The van der Waals surface area contributed by atoms with Crippen LogP contribution in [0.2, 0.25) is 0 Å². The summed E-state index contributed by atoms with van der Waals surface area (Å²) < 4.78 is 46.6. The van der Waals surface area contributed by atoms with Crippen molar-refractivity contribution < 1.29 is 22.7 Å². The van der Waals surface area contributed by atoms with Gasteiger partial charge in [-0.25, -0.2) is 18.0 Å². The Morgan fingerprint density at radius 2 is 2.20 bits per heavy atom. The smallest absolute Gasteiger partial charge is 0.319 e. The Labute approximate surface area is 142 Å². The van der Waals surface area contributed by atoms with E-state index < -0.39 is 24.0 Å². The molecule has 1 aliphatic rings. The standard InChI is InChI=1S/C16H17F3N4O2/c1-23-8-11(14(22-23)15(18)19)21-16(24)20-7-9-3-2-4-12(13(9)17)25-10-5-6-10/h2-4,8,10,15H,5-7H2,1H3,(H2,20,21,24). The number of hydrogen-bond donors (Lipinski definition) is 2. The second-order valence-electron chi connectivity index (χ2n) is 5.76. The van der Waals surface area contributed by atoms with E-state index in [1.807, 2.05) is 0 Å². The number of aryl methyl sites for hydroxylation is 1. The Kier molecular flexibility index (Phi) is 4.82. The van der Waals surface area contributed by atoms with E-state index in [1.54, 1.807) is 6.07 Å². The van der Waals surface area contributed by atoms with Gasteiger partial charge in [-0.2, -0.15) is 5.10 Å². The first-order chi connectivity index (χ1) is 11.9. The highest BCUT2D eigenvalue weighted by molar-refractivity contribution is 5.89. The molecule has 0 bridgehead atoms. The van der Waals surface area contributed by atoms with Crippen LogP contribution in [0.25, 0.3) is 0 Å². The van der Waals surface area contributed by atoms with Gasteiger partial charge in [-0.1, -0.05) is 12.1 Å². The number of alkyl halides is 2. The number of benzene rings is 1. The summed E-state index contributed by atoms with van der Waals surface area (Å²) in [6, 6.07) is 3.94. The minimum atomic E-state index is -2.81. The predicted octanol–water partition coefficient (Wildman–Crippen LogP) is 3.36. The zero-order valence-electron chi connectivity index (χ0n) is 13.4. The average Bonchev–Trinajstić information content (AvgIpc) is 3.29. The van der Waals surface area contributed by atoms with Gasteiger partial charge in [-0.3, -0.25) is 4.68 Å². The summed E-state index contributed by atoms with van der Waals surface area (Å²) in [6.07, 6.45) is 0.319. The van der Waals surface area contributed by atoms with Gasteiger partial charge in [0.2, 0.25) is 0 Å². The highest BCUT2D eigenvalue weighted by Crippen LogP contribution is 2.29. The van der Waals surface area contributed by atoms with E-state index in [0.29, 0.717) is 0 Å². The molecule has 0 atom stereocenters. The van der Waals surface area contributed by atoms with E-state index in [-0.39, 0.29) is 29.6 Å². The normalized spacial score (nSPS) is 13.8. The number of urea groups is 1. The Bertz CT molecular complexity index is 775. The lowest BCUT2D eigenvalue weighted by Gasteiger charge is -2.11. The zero-order valence-corrected chi connectivity index (χ0v) is 13.4. The first-order valence-corrected chi connectivity index (χ1v) is 7.74. The third-order valence-corrected chi connectivity index (χ3v) is 3.61. The zero-order chi connectivity index (χ0) is 18.0. The number of carbonyl (C=O) groups excluding carboxylic acids is 1. The van der Waals surface area contributed by atoms with Crippen molar-refractivity contribution in [2.24, 2.45) is 7.05 Å². The van der Waals surface area contributed by atoms with Crippen LogP contribution in [0.3, 0.4) is 0 Å². The highest BCUT2D eigenvalue weighted by Gasteiger charge is 2.25. The van der Waals surface area contributed by atoms with Crippen LogP contribution >= 0.6 is 0 Å². The van der Waals surface area contributed by atoms with Crippen molar-refractivity contribution in [3.63, 3.8) is 0 Å². The van der Waals surface area contributed by atoms with E-state index in [2.05, 4.69) is 15.7 Å². The van der Waals surface area contributed by atoms with Crippen molar-refractivity contribution in [3.8, 4) is 5.75 Å². The van der Waals surface area contributed by atoms with Gasteiger partial charge in [0.1, 0.15) is 0 Å². The molecule has 3 rings (SSSR count). The first kappa shape index (κ1) is 17.1. The fraction of sp³-hybridized carbons (Fsp3) is 0.375. The molecular formula is C16H17F3N4O2. The molecule has 0 spiro atoms. The lowest BCUT2D eigenvalue weighted by atomic mass is 10.2. The maximum absolute atomic E-state index is 14.3. The molecule has 2 aromatic rings. The minimum Gasteiger partial charge on any atom is -0.487 e. The molecule has 2 amide bonds. The molecule has 0 saturated heterocycles. The van der Waals surface area contributed by atoms with Gasteiger partial charge >= 0.3 is 6.03 Å². The van der Waals surface area contributed by atoms with Crippen LogP contribution in [0.15, 0.2) is 24.4 Å². The van der Waals surface area contributed by atoms with Gasteiger partial charge in [0.15, 0.2) is 17.3 Å². The summed E-state index contributed by atoms with van der Waals surface area (Å²) in [5.74, 6) is -0.390. The molecule has 0 unspecified atom stereocenters. The van der Waals surface area contributed by atoms with Gasteiger partial charge in [-0.05, 0) is 18.9 Å². The quantitative estimate of drug-likeness (QED) is 0.836. The molecule has 9 heteroatoms. The van der Waals surface area contributed by atoms with Crippen molar-refractivity contribution in [1.29, 1.82) is 0 Å². The Balaban J connectivity index is 1.61. The molecule has 134 valence electrons. The van der Waals surface area contributed by atoms with E-state index in [4.69, 9.17) is 4.74 Å². The lowest BCUT2D eigenvalue weighted by Crippen LogP contribution is -2.28. The van der Waals surface area contributed by atoms with Gasteiger partial charge in [-0.15, -0.1) is 0 Å². The minimum absolute atomic E-state index is 0.0550. The number of aromatic nitrogens is 2. The summed E-state index contributed by atoms with van der Waals surface area (Å²) in [7, 11) is 1.47. The third kappa shape index (κ3) is 4.23. The molecule has 1 aromatic carbocycles. The number of nitrogens with one attached hydrogen (secondary N) is 2. The van der Waals surface area contributed by atoms with Crippen molar-refractivity contribution in [1.82, 2.24) is 15.1 Å². The largest absolute Gasteiger partial charge is 0.487 e. The summed E-state index contributed by atoms with van der Waals surface area (Å²) in [6.45, 7) is -0.107. The Hall–Kier alpha value is -2.71. The van der Waals surface area contributed by atoms with Crippen molar-refractivity contribution in [2.45, 2.75) is 31.9 Å². The molecule has 2 N–H and O–H groups in total. The van der Waals surface area contributed by atoms with Crippen LogP contribution in [0, 0.1) is 5.82 Å². The topological polar surface area (TPSA) is 68.2 Å². The maximum Gasteiger partial charge on any atom is 0.319 e. The molecule has 0 radical (unpaired) electrons. The van der Waals surface area contributed by atoms with Gasteiger partial charge < -0.3 is 15.4 Å². The number of anilines is 1. The number of ether oxygens (including phenoxy) is 1. The van der Waals surface area contributed by atoms with E-state index in [1.165, 1.54) is 30.1 Å². The van der Waals surface area contributed by atoms with Crippen LogP contribution in [-0.2, 0) is 13.6 Å². The fourth-order valence-electron chi connectivity index (χ4n) is 2.25. The molecular weight excluding hydrogens is 337 g/mol. The van der Waals surface area contributed by atoms with Crippen molar-refractivity contribution in [2.75, 3.05) is 5.32 Å². The highest BCUT2D eigenvalue weighted by atomic mass is 19.3. The average molecular weight is 354 g/mol. The van der Waals surface area contributed by atoms with Crippen molar-refractivity contribution in [3.05, 3.63) is 41.5 Å². The lowest BCUT2D eigenvalue weighted by molar-refractivity contribution is 0.146. The number of hydrogen-bond acceptors (Lipinski definition) is 3. The summed E-state index contributed by atoms with van der Waals surface area (Å²) in [5, 5.41) is 8.31. The molecule has 1 heterocycles. The number of carbonyl (C=O) groups is 1. The SMILES string of the molecule is Cn1cc(NC(=O)NCc2cccc(OC3CC3)c2F)c(C(F)F)n1. The summed E-state index contributed by atoms with van der Waals surface area (Å²) >= 11 is 0. The van der Waals surface area contributed by atoms with Gasteiger partial charge in [0.05, 0.1) is 11.8 Å². The molecule has 6 nitrogen and oxygen atoms in total. The fourth-order valence-corrected chi connectivity index (χ4v) is 2.25. The van der Waals surface area contributed by atoms with Gasteiger partial charge in [0, 0.05) is 25.4 Å². The maximum atomic E-state index is 14.3. The van der Waals surface area contributed by atoms with E-state index in [0.717, 1.165) is 12.8 Å². The second kappa shape index (κ2) is 7.04. The molecule has 1 fully saturated rings. The monoisotopic (exact) mass is 354 g/mol. The van der Waals surface area contributed by atoms with Crippen LogP contribution < -0.4 is 15.4 Å². The number of rotatable bonds is 6. The van der Waals surface area contributed by atoms with Gasteiger partial charge in [0.25, 0.3) is 6.43 Å². The number of amides is 2. The molecule has 25 heavy (non-hydrogen) atoms. The van der Waals surface area contributed by atoms with Crippen LogP contribution in [-0.4, -0.2) is 21.9 Å².